The predicted octanol–water partition coefficient (Wildman–Crippen LogP) is 4.34. The van der Waals surface area contributed by atoms with E-state index >= 15 is 0 Å². The Kier molecular flexibility index (Phi) is 6.95. The SMILES string of the molecule is COc1cc(Br)c(OC)c(C(=O)NCc2ccc(OCC(F)(F)F)cc2)c1. The number of rotatable bonds is 7. The monoisotopic (exact) mass is 447 g/mol. The number of hydrogen-bond acceptors (Lipinski definition) is 4. The first kappa shape index (κ1) is 20.9. The fourth-order valence-corrected chi connectivity index (χ4v) is 2.81. The van der Waals surface area contributed by atoms with Crippen LogP contribution in [0.4, 0.5) is 13.2 Å². The van der Waals surface area contributed by atoms with Crippen molar-refractivity contribution in [3.8, 4) is 17.2 Å². The van der Waals surface area contributed by atoms with Crippen molar-refractivity contribution in [3.63, 3.8) is 0 Å². The van der Waals surface area contributed by atoms with Gasteiger partial charge in [0, 0.05) is 6.54 Å². The lowest BCUT2D eigenvalue weighted by Gasteiger charge is -2.13. The van der Waals surface area contributed by atoms with Crippen LogP contribution in [0.15, 0.2) is 40.9 Å². The first-order valence-electron chi connectivity index (χ1n) is 7.71. The molecule has 146 valence electrons. The van der Waals surface area contributed by atoms with E-state index in [1.54, 1.807) is 24.3 Å². The molecule has 5 nitrogen and oxygen atoms in total. The molecular formula is C18H17BrF3NO4. The van der Waals surface area contributed by atoms with Gasteiger partial charge in [-0.05, 0) is 45.8 Å². The Morgan fingerprint density at radius 3 is 2.30 bits per heavy atom. The van der Waals surface area contributed by atoms with E-state index in [9.17, 15) is 18.0 Å². The van der Waals surface area contributed by atoms with E-state index in [0.29, 0.717) is 21.5 Å². The van der Waals surface area contributed by atoms with Crippen molar-refractivity contribution in [2.45, 2.75) is 12.7 Å². The first-order chi connectivity index (χ1) is 12.7. The average molecular weight is 448 g/mol. The highest BCUT2D eigenvalue weighted by Crippen LogP contribution is 2.33. The van der Waals surface area contributed by atoms with Gasteiger partial charge in [-0.1, -0.05) is 12.1 Å². The molecule has 0 spiro atoms. The summed E-state index contributed by atoms with van der Waals surface area (Å²) in [6.45, 7) is -1.18. The molecule has 0 saturated heterocycles. The Morgan fingerprint density at radius 1 is 1.07 bits per heavy atom. The van der Waals surface area contributed by atoms with Gasteiger partial charge < -0.3 is 19.5 Å². The second-order valence-corrected chi connectivity index (χ2v) is 6.27. The molecule has 0 saturated carbocycles. The van der Waals surface area contributed by atoms with Crippen LogP contribution in [-0.4, -0.2) is 32.9 Å². The summed E-state index contributed by atoms with van der Waals surface area (Å²) in [5.74, 6) is 0.563. The number of amides is 1. The van der Waals surface area contributed by atoms with Crippen molar-refractivity contribution >= 4 is 21.8 Å². The van der Waals surface area contributed by atoms with Crippen molar-refractivity contribution in [2.75, 3.05) is 20.8 Å². The Balaban J connectivity index is 2.02. The lowest BCUT2D eigenvalue weighted by Crippen LogP contribution is -2.23. The van der Waals surface area contributed by atoms with Crippen LogP contribution in [0.5, 0.6) is 17.2 Å². The van der Waals surface area contributed by atoms with Crippen molar-refractivity contribution in [3.05, 3.63) is 52.0 Å². The van der Waals surface area contributed by atoms with E-state index in [4.69, 9.17) is 9.47 Å². The molecule has 2 rings (SSSR count). The first-order valence-corrected chi connectivity index (χ1v) is 8.51. The second-order valence-electron chi connectivity index (χ2n) is 5.42. The van der Waals surface area contributed by atoms with Crippen LogP contribution in [0.25, 0.3) is 0 Å². The maximum absolute atomic E-state index is 12.5. The number of carbonyl (C=O) groups is 1. The molecule has 0 fully saturated rings. The maximum atomic E-state index is 12.5. The molecule has 0 unspecified atom stereocenters. The van der Waals surface area contributed by atoms with Crippen LogP contribution in [-0.2, 0) is 6.54 Å². The van der Waals surface area contributed by atoms with Gasteiger partial charge in [0.15, 0.2) is 6.61 Å². The molecule has 1 N–H and O–H groups in total. The Labute approximate surface area is 162 Å². The number of alkyl halides is 3. The zero-order chi connectivity index (χ0) is 20.0. The molecule has 0 radical (unpaired) electrons. The molecule has 0 aliphatic carbocycles. The zero-order valence-electron chi connectivity index (χ0n) is 14.5. The molecule has 9 heteroatoms. The number of methoxy groups -OCH3 is 2. The lowest BCUT2D eigenvalue weighted by atomic mass is 10.1. The van der Waals surface area contributed by atoms with Gasteiger partial charge in [0.2, 0.25) is 0 Å². The topological polar surface area (TPSA) is 56.8 Å². The summed E-state index contributed by atoms with van der Waals surface area (Å²) in [6, 6.07) is 9.20. The fraction of sp³-hybridized carbons (Fsp3) is 0.278. The number of hydrogen-bond donors (Lipinski definition) is 1. The number of carbonyl (C=O) groups excluding carboxylic acids is 1. The van der Waals surface area contributed by atoms with E-state index in [-0.39, 0.29) is 23.8 Å². The molecule has 0 heterocycles. The molecule has 0 atom stereocenters. The zero-order valence-corrected chi connectivity index (χ0v) is 16.1. The minimum absolute atomic E-state index is 0.0980. The van der Waals surface area contributed by atoms with E-state index in [2.05, 4.69) is 26.0 Å². The van der Waals surface area contributed by atoms with E-state index in [0.717, 1.165) is 0 Å². The van der Waals surface area contributed by atoms with Crippen molar-refractivity contribution in [1.29, 1.82) is 0 Å². The fourth-order valence-electron chi connectivity index (χ4n) is 2.21. The van der Waals surface area contributed by atoms with Crippen LogP contribution < -0.4 is 19.5 Å². The molecule has 0 aromatic heterocycles. The average Bonchev–Trinajstić information content (AvgIpc) is 2.63. The van der Waals surface area contributed by atoms with Gasteiger partial charge in [0.05, 0.1) is 24.3 Å². The van der Waals surface area contributed by atoms with Gasteiger partial charge >= 0.3 is 6.18 Å². The molecule has 0 bridgehead atoms. The Morgan fingerprint density at radius 2 is 1.74 bits per heavy atom. The summed E-state index contributed by atoms with van der Waals surface area (Å²) in [5, 5.41) is 2.73. The molecule has 0 aliphatic heterocycles. The van der Waals surface area contributed by atoms with Crippen LogP contribution in [0.1, 0.15) is 15.9 Å². The standard InChI is InChI=1S/C18H17BrF3NO4/c1-25-13-7-14(16(26-2)15(19)8-13)17(24)23-9-11-3-5-12(6-4-11)27-10-18(20,21)22/h3-8H,9-10H2,1-2H3,(H,23,24). The van der Waals surface area contributed by atoms with Crippen LogP contribution >= 0.6 is 15.9 Å². The maximum Gasteiger partial charge on any atom is 0.422 e. The van der Waals surface area contributed by atoms with Gasteiger partial charge in [-0.3, -0.25) is 4.79 Å². The summed E-state index contributed by atoms with van der Waals surface area (Å²) < 4.78 is 52.0. The highest BCUT2D eigenvalue weighted by Gasteiger charge is 2.28. The van der Waals surface area contributed by atoms with Crippen molar-refractivity contribution in [1.82, 2.24) is 5.32 Å². The summed E-state index contributed by atoms with van der Waals surface area (Å²) in [4.78, 5) is 12.5. The normalized spacial score (nSPS) is 11.0. The third-order valence-electron chi connectivity index (χ3n) is 3.48. The third-order valence-corrected chi connectivity index (χ3v) is 4.07. The van der Waals surface area contributed by atoms with Crippen LogP contribution in [0.3, 0.4) is 0 Å². The Hall–Kier alpha value is -2.42. The highest BCUT2D eigenvalue weighted by atomic mass is 79.9. The van der Waals surface area contributed by atoms with Crippen molar-refractivity contribution < 1.29 is 32.2 Å². The number of ether oxygens (including phenoxy) is 3. The van der Waals surface area contributed by atoms with Gasteiger partial charge in [-0.15, -0.1) is 0 Å². The summed E-state index contributed by atoms with van der Waals surface area (Å²) >= 11 is 3.32. The van der Waals surface area contributed by atoms with Gasteiger partial charge in [-0.25, -0.2) is 0 Å². The molecule has 2 aromatic rings. The number of nitrogens with one attached hydrogen (secondary N) is 1. The van der Waals surface area contributed by atoms with Gasteiger partial charge in [-0.2, -0.15) is 13.2 Å². The molecule has 27 heavy (non-hydrogen) atoms. The van der Waals surface area contributed by atoms with Gasteiger partial charge in [0.25, 0.3) is 5.91 Å². The molecular weight excluding hydrogens is 431 g/mol. The summed E-state index contributed by atoms with van der Waals surface area (Å²) in [6.07, 6.45) is -4.39. The predicted molar refractivity (Wildman–Crippen MR) is 96.4 cm³/mol. The van der Waals surface area contributed by atoms with Crippen LogP contribution in [0.2, 0.25) is 0 Å². The smallest absolute Gasteiger partial charge is 0.422 e. The third kappa shape index (κ3) is 6.06. The van der Waals surface area contributed by atoms with E-state index in [1.807, 2.05) is 0 Å². The van der Waals surface area contributed by atoms with E-state index < -0.39 is 12.8 Å². The minimum Gasteiger partial charge on any atom is -0.497 e. The summed E-state index contributed by atoms with van der Waals surface area (Å²) in [7, 11) is 2.93. The molecule has 0 aliphatic rings. The largest absolute Gasteiger partial charge is 0.497 e. The van der Waals surface area contributed by atoms with E-state index in [1.165, 1.54) is 26.4 Å². The number of halogens is 4. The minimum atomic E-state index is -4.39. The highest BCUT2D eigenvalue weighted by molar-refractivity contribution is 9.10. The molecule has 1 amide bonds. The molecule has 2 aromatic carbocycles. The lowest BCUT2D eigenvalue weighted by molar-refractivity contribution is -0.153. The van der Waals surface area contributed by atoms with Crippen LogP contribution in [0, 0.1) is 0 Å². The van der Waals surface area contributed by atoms with Gasteiger partial charge in [0.1, 0.15) is 17.2 Å². The second kappa shape index (κ2) is 8.98. The van der Waals surface area contributed by atoms with Crippen molar-refractivity contribution in [2.24, 2.45) is 0 Å². The quantitative estimate of drug-likeness (QED) is 0.685. The summed E-state index contributed by atoms with van der Waals surface area (Å²) in [5.41, 5.74) is 0.984. The Bertz CT molecular complexity index is 794. The number of benzene rings is 2.